The largest absolute Gasteiger partial charge is 0.454 e. The van der Waals surface area contributed by atoms with E-state index in [1.807, 2.05) is 53.8 Å². The summed E-state index contributed by atoms with van der Waals surface area (Å²) in [5.74, 6) is 0.592. The average molecular weight is 711 g/mol. The van der Waals surface area contributed by atoms with Crippen LogP contribution in [-0.4, -0.2) is 4.98 Å². The monoisotopic (exact) mass is 710 g/mol. The molecule has 0 atom stereocenters. The number of oxazole rings is 1. The third-order valence-electron chi connectivity index (χ3n) is 10.3. The van der Waals surface area contributed by atoms with Crippen molar-refractivity contribution < 1.29 is 8.83 Å². The number of thiophene rings is 1. The SMILES string of the molecule is c1ccc(-c2ccc(N(c3cccc(-c4cccc5sc6ccccc6c45)c3)c3cccc4c3oc3ccc5nc(-c6ccccc6)oc5c34)cc2)cc1. The standard InChI is InChI=1S/C49H30N2O2S/c1-3-12-31(13-4-1)32-24-26-35(27-25-32)51(36-17-9-16-34(30-36)37-19-11-23-44-45(37)38-18-7-8-22-43(38)54-44)41-21-10-20-39-46-42(52-47(39)41)29-28-40-48(46)53-49(50-40)33-14-5-2-6-15-33/h1-30H. The molecule has 4 nitrogen and oxygen atoms in total. The molecule has 3 aromatic heterocycles. The topological polar surface area (TPSA) is 42.4 Å². The Kier molecular flexibility index (Phi) is 7.00. The summed E-state index contributed by atoms with van der Waals surface area (Å²) in [4.78, 5) is 7.17. The summed E-state index contributed by atoms with van der Waals surface area (Å²) in [6.45, 7) is 0. The van der Waals surface area contributed by atoms with Crippen LogP contribution in [0.25, 0.3) is 86.9 Å². The lowest BCUT2D eigenvalue weighted by Crippen LogP contribution is -2.10. The van der Waals surface area contributed by atoms with Crippen molar-refractivity contribution in [3.63, 3.8) is 0 Å². The highest BCUT2D eigenvalue weighted by molar-refractivity contribution is 7.25. The van der Waals surface area contributed by atoms with Gasteiger partial charge in [0.2, 0.25) is 5.89 Å². The second-order valence-corrected chi connectivity index (χ2v) is 14.6. The molecule has 54 heavy (non-hydrogen) atoms. The van der Waals surface area contributed by atoms with Crippen LogP contribution in [-0.2, 0) is 0 Å². The first-order valence-electron chi connectivity index (χ1n) is 18.0. The number of hydrogen-bond donors (Lipinski definition) is 0. The lowest BCUT2D eigenvalue weighted by atomic mass is 9.98. The average Bonchev–Trinajstić information content (AvgIpc) is 3.96. The summed E-state index contributed by atoms with van der Waals surface area (Å²) in [5.41, 5.74) is 11.7. The number of benzene rings is 8. The first kappa shape index (κ1) is 30.7. The quantitative estimate of drug-likeness (QED) is 0.172. The van der Waals surface area contributed by atoms with Crippen LogP contribution in [0.4, 0.5) is 17.1 Å². The maximum atomic E-state index is 6.81. The number of fused-ring (bicyclic) bond motifs is 8. The predicted molar refractivity (Wildman–Crippen MR) is 225 cm³/mol. The molecule has 3 heterocycles. The van der Waals surface area contributed by atoms with Crippen LogP contribution in [0.5, 0.6) is 0 Å². The van der Waals surface area contributed by atoms with Crippen molar-refractivity contribution in [2.75, 3.05) is 4.90 Å². The zero-order chi connectivity index (χ0) is 35.6. The van der Waals surface area contributed by atoms with Gasteiger partial charge in [-0.1, -0.05) is 115 Å². The van der Waals surface area contributed by atoms with Crippen LogP contribution < -0.4 is 4.90 Å². The zero-order valence-corrected chi connectivity index (χ0v) is 29.8. The van der Waals surface area contributed by atoms with Crippen molar-refractivity contribution in [3.8, 4) is 33.7 Å². The minimum Gasteiger partial charge on any atom is -0.454 e. The Labute approximate surface area is 314 Å². The van der Waals surface area contributed by atoms with E-state index in [2.05, 4.69) is 144 Å². The van der Waals surface area contributed by atoms with E-state index in [1.165, 1.54) is 31.3 Å². The Bertz CT molecular complexity index is 3160. The van der Waals surface area contributed by atoms with E-state index < -0.39 is 0 Å². The molecule has 11 aromatic rings. The second-order valence-electron chi connectivity index (χ2n) is 13.5. The van der Waals surface area contributed by atoms with E-state index in [4.69, 9.17) is 13.8 Å². The molecule has 0 N–H and O–H groups in total. The molecule has 0 bridgehead atoms. The number of para-hydroxylation sites is 1. The van der Waals surface area contributed by atoms with E-state index in [1.54, 1.807) is 0 Å². The van der Waals surface area contributed by atoms with E-state index in [9.17, 15) is 0 Å². The summed E-state index contributed by atoms with van der Waals surface area (Å²) in [7, 11) is 0. The first-order valence-corrected chi connectivity index (χ1v) is 18.8. The molecule has 5 heteroatoms. The molecule has 0 spiro atoms. The van der Waals surface area contributed by atoms with Gasteiger partial charge in [0.1, 0.15) is 11.1 Å². The highest BCUT2D eigenvalue weighted by Crippen LogP contribution is 2.46. The zero-order valence-electron chi connectivity index (χ0n) is 28.9. The van der Waals surface area contributed by atoms with Gasteiger partial charge in [-0.3, -0.25) is 0 Å². The Hall–Kier alpha value is -6.95. The Morgan fingerprint density at radius 3 is 1.98 bits per heavy atom. The van der Waals surface area contributed by atoms with Crippen molar-refractivity contribution in [2.24, 2.45) is 0 Å². The summed E-state index contributed by atoms with van der Waals surface area (Å²) in [6.07, 6.45) is 0. The minimum absolute atomic E-state index is 0.592. The number of aromatic nitrogens is 1. The van der Waals surface area contributed by atoms with Gasteiger partial charge in [0.15, 0.2) is 11.2 Å². The highest BCUT2D eigenvalue weighted by atomic mass is 32.1. The molecule has 0 aliphatic carbocycles. The summed E-state index contributed by atoms with van der Waals surface area (Å²) >= 11 is 1.84. The maximum absolute atomic E-state index is 6.81. The van der Waals surface area contributed by atoms with Gasteiger partial charge in [-0.05, 0) is 89.0 Å². The van der Waals surface area contributed by atoms with E-state index in [0.29, 0.717) is 5.89 Å². The Morgan fingerprint density at radius 2 is 1.13 bits per heavy atom. The Morgan fingerprint density at radius 1 is 0.444 bits per heavy atom. The summed E-state index contributed by atoms with van der Waals surface area (Å²) in [6, 6.07) is 63.9. The van der Waals surface area contributed by atoms with E-state index in [0.717, 1.165) is 66.8 Å². The molecule has 0 aliphatic rings. The van der Waals surface area contributed by atoms with Crippen molar-refractivity contribution in [3.05, 3.63) is 182 Å². The maximum Gasteiger partial charge on any atom is 0.227 e. The molecule has 0 radical (unpaired) electrons. The molecule has 254 valence electrons. The van der Waals surface area contributed by atoms with Crippen LogP contribution in [0.2, 0.25) is 0 Å². The van der Waals surface area contributed by atoms with Crippen LogP contribution in [0.3, 0.4) is 0 Å². The number of anilines is 3. The van der Waals surface area contributed by atoms with Gasteiger partial charge in [-0.15, -0.1) is 11.3 Å². The molecular weight excluding hydrogens is 681 g/mol. The third-order valence-corrected chi connectivity index (χ3v) is 11.4. The third kappa shape index (κ3) is 4.94. The fraction of sp³-hybridized carbons (Fsp3) is 0. The lowest BCUT2D eigenvalue weighted by molar-refractivity contribution is 0.622. The first-order chi connectivity index (χ1) is 26.8. The van der Waals surface area contributed by atoms with Gasteiger partial charge < -0.3 is 13.7 Å². The molecule has 0 unspecified atom stereocenters. The molecular formula is C49H30N2O2S. The summed E-state index contributed by atoms with van der Waals surface area (Å²) in [5, 5.41) is 4.47. The smallest absolute Gasteiger partial charge is 0.227 e. The number of rotatable bonds is 6. The van der Waals surface area contributed by atoms with Crippen LogP contribution >= 0.6 is 11.3 Å². The summed E-state index contributed by atoms with van der Waals surface area (Å²) < 4.78 is 15.9. The van der Waals surface area contributed by atoms with E-state index in [-0.39, 0.29) is 0 Å². The predicted octanol–water partition coefficient (Wildman–Crippen LogP) is 14.6. The van der Waals surface area contributed by atoms with Crippen molar-refractivity contribution >= 4 is 81.6 Å². The highest BCUT2D eigenvalue weighted by Gasteiger charge is 2.23. The molecule has 0 aliphatic heterocycles. The van der Waals surface area contributed by atoms with Gasteiger partial charge in [-0.25, -0.2) is 4.98 Å². The number of hydrogen-bond acceptors (Lipinski definition) is 5. The molecule has 8 aromatic carbocycles. The minimum atomic E-state index is 0.592. The fourth-order valence-corrected chi connectivity index (χ4v) is 8.95. The number of nitrogens with zero attached hydrogens (tertiary/aromatic N) is 2. The van der Waals surface area contributed by atoms with Crippen molar-refractivity contribution in [1.29, 1.82) is 0 Å². The van der Waals surface area contributed by atoms with E-state index >= 15 is 0 Å². The molecule has 0 amide bonds. The lowest BCUT2D eigenvalue weighted by Gasteiger charge is -2.26. The van der Waals surface area contributed by atoms with Crippen molar-refractivity contribution in [2.45, 2.75) is 0 Å². The molecule has 11 rings (SSSR count). The van der Waals surface area contributed by atoms with Gasteiger partial charge in [-0.2, -0.15) is 0 Å². The van der Waals surface area contributed by atoms with Gasteiger partial charge in [0.25, 0.3) is 0 Å². The van der Waals surface area contributed by atoms with Crippen LogP contribution in [0.15, 0.2) is 191 Å². The number of furan rings is 1. The molecule has 0 saturated heterocycles. The second kappa shape index (κ2) is 12.3. The molecule has 0 fully saturated rings. The van der Waals surface area contributed by atoms with Gasteiger partial charge >= 0.3 is 0 Å². The Balaban J connectivity index is 1.12. The van der Waals surface area contributed by atoms with Gasteiger partial charge in [0, 0.05) is 42.5 Å². The van der Waals surface area contributed by atoms with Crippen LogP contribution in [0.1, 0.15) is 0 Å². The normalized spacial score (nSPS) is 11.7. The fourth-order valence-electron chi connectivity index (χ4n) is 7.82. The molecule has 0 saturated carbocycles. The van der Waals surface area contributed by atoms with Crippen molar-refractivity contribution in [1.82, 2.24) is 4.98 Å². The van der Waals surface area contributed by atoms with Crippen LogP contribution in [0, 0.1) is 0 Å². The van der Waals surface area contributed by atoms with Gasteiger partial charge in [0.05, 0.1) is 11.1 Å².